The van der Waals surface area contributed by atoms with E-state index < -0.39 is 11.0 Å². The van der Waals surface area contributed by atoms with Crippen molar-refractivity contribution in [1.82, 2.24) is 4.31 Å². The van der Waals surface area contributed by atoms with Gasteiger partial charge in [-0.05, 0) is 174 Å². The maximum Gasteiger partial charge on any atom is 0.100 e. The number of aryl methyl sites for hydroxylation is 2. The molecule has 0 aliphatic heterocycles. The molecule has 2 aromatic carbocycles. The molecule has 0 aromatic heterocycles. The third kappa shape index (κ3) is 5.04. The van der Waals surface area contributed by atoms with E-state index in [4.69, 9.17) is 0 Å². The number of rotatable bonds is 7. The van der Waals surface area contributed by atoms with E-state index in [0.29, 0.717) is 10.3 Å². The number of hydrogen-bond donors (Lipinski definition) is 0. The van der Waals surface area contributed by atoms with E-state index in [-0.39, 0.29) is 18.7 Å². The van der Waals surface area contributed by atoms with Gasteiger partial charge >= 0.3 is 0 Å². The van der Waals surface area contributed by atoms with Crippen LogP contribution in [0.15, 0.2) is 42.5 Å². The Morgan fingerprint density at radius 1 is 0.727 bits per heavy atom. The molecule has 0 amide bonds. The smallest absolute Gasteiger partial charge is 0.100 e. The summed E-state index contributed by atoms with van der Waals surface area (Å²) in [6.45, 7) is 10.9. The maximum absolute atomic E-state index is 14.3. The Hall–Kier alpha value is -1.02. The molecule has 0 unspecified atom stereocenters. The molecule has 8 saturated carbocycles. The Bertz CT molecular complexity index is 1320. The van der Waals surface area contributed by atoms with E-state index in [0.717, 1.165) is 35.5 Å². The Labute approximate surface area is 271 Å². The molecule has 2 aromatic rings. The molecule has 8 aliphatic rings. The molecule has 2 nitrogen and oxygen atoms in total. The Morgan fingerprint density at radius 2 is 1.14 bits per heavy atom. The molecule has 44 heavy (non-hydrogen) atoms. The van der Waals surface area contributed by atoms with E-state index in [1.807, 2.05) is 0 Å². The zero-order valence-corrected chi connectivity index (χ0v) is 30.0. The summed E-state index contributed by atoms with van der Waals surface area (Å²) in [5.41, 5.74) is 5.42. The first kappa shape index (κ1) is 30.3. The lowest BCUT2D eigenvalue weighted by Crippen LogP contribution is -2.58. The van der Waals surface area contributed by atoms with Crippen molar-refractivity contribution in [3.05, 3.63) is 64.7 Å². The van der Waals surface area contributed by atoms with Crippen molar-refractivity contribution in [2.75, 3.05) is 7.05 Å². The number of benzene rings is 2. The molecule has 8 aliphatic carbocycles. The van der Waals surface area contributed by atoms with Gasteiger partial charge in [-0.2, -0.15) is 0 Å². The summed E-state index contributed by atoms with van der Waals surface area (Å²) in [5, 5.41) is 2.75. The predicted octanol–water partition coefficient (Wildman–Crippen LogP) is 9.83. The molecular weight excluding hydrogens is 573 g/mol. The zero-order valence-electron chi connectivity index (χ0n) is 28.3. The fourth-order valence-corrected chi connectivity index (χ4v) is 19.5. The first-order valence-electron chi connectivity index (χ1n) is 18.0. The van der Waals surface area contributed by atoms with E-state index in [1.54, 1.807) is 5.30 Å². The summed E-state index contributed by atoms with van der Waals surface area (Å²) < 4.78 is 16.2. The van der Waals surface area contributed by atoms with Gasteiger partial charge in [-0.25, -0.2) is 8.51 Å². The second kappa shape index (κ2) is 10.8. The van der Waals surface area contributed by atoms with Gasteiger partial charge in [-0.3, -0.25) is 0 Å². The van der Waals surface area contributed by atoms with Crippen molar-refractivity contribution in [2.24, 2.45) is 35.5 Å². The lowest BCUT2D eigenvalue weighted by Gasteiger charge is -2.67. The first-order valence-corrected chi connectivity index (χ1v) is 20.5. The third-order valence-electron chi connectivity index (χ3n) is 13.1. The molecule has 0 heterocycles. The van der Waals surface area contributed by atoms with Gasteiger partial charge in [0.05, 0.1) is 10.8 Å². The minimum atomic E-state index is -1.13. The van der Waals surface area contributed by atoms with Gasteiger partial charge in [0.1, 0.15) is 11.0 Å². The minimum Gasteiger partial charge on any atom is -0.242 e. The quantitative estimate of drug-likeness (QED) is 0.279. The molecule has 2 atom stereocenters. The zero-order chi connectivity index (χ0) is 30.6. The number of hydrogen-bond acceptors (Lipinski definition) is 1. The Kier molecular flexibility index (Phi) is 7.41. The van der Waals surface area contributed by atoms with Crippen LogP contribution in [-0.4, -0.2) is 30.6 Å². The standard InChI is InChI=1S/C40H56NOPS/c1-26-11-27(2)13-34(12-26)37(41(6)44(42)38(3,4)5)35-9-7-8-10-36(35)43(39-20-28-14-29(21-39)16-30(15-28)22-39)40-23-31-17-32(24-40)19-33(18-31)25-40/h7-13,28-33,37H,14-25H2,1-6H3/t28?,29?,30?,31?,32?,33?,37-,39?,40?,43?,44-/m1/s1. The second-order valence-corrected chi connectivity index (χ2v) is 23.3. The summed E-state index contributed by atoms with van der Waals surface area (Å²) in [7, 11) is 0.663. The van der Waals surface area contributed by atoms with Crippen LogP contribution >= 0.6 is 7.92 Å². The van der Waals surface area contributed by atoms with Gasteiger partial charge in [0, 0.05) is 7.05 Å². The van der Waals surface area contributed by atoms with Crippen LogP contribution in [0.1, 0.15) is 126 Å². The topological polar surface area (TPSA) is 20.3 Å². The average molecular weight is 630 g/mol. The molecule has 8 fully saturated rings. The van der Waals surface area contributed by atoms with E-state index >= 15 is 0 Å². The minimum absolute atomic E-state index is 0.00215. The van der Waals surface area contributed by atoms with Crippen LogP contribution in [0.25, 0.3) is 0 Å². The summed E-state index contributed by atoms with van der Waals surface area (Å²) in [5.74, 6) is 5.83. The highest BCUT2D eigenvalue weighted by Gasteiger charge is 2.63. The molecule has 8 bridgehead atoms. The first-order chi connectivity index (χ1) is 20.9. The van der Waals surface area contributed by atoms with Crippen LogP contribution < -0.4 is 5.30 Å². The van der Waals surface area contributed by atoms with Crippen LogP contribution in [0.2, 0.25) is 0 Å². The molecule has 10 rings (SSSR count). The number of nitrogens with zero attached hydrogens (tertiary/aromatic N) is 1. The van der Waals surface area contributed by atoms with E-state index in [9.17, 15) is 4.21 Å². The third-order valence-corrected chi connectivity index (χ3v) is 18.8. The van der Waals surface area contributed by atoms with Crippen LogP contribution in [0.4, 0.5) is 0 Å². The predicted molar refractivity (Wildman–Crippen MR) is 188 cm³/mol. The van der Waals surface area contributed by atoms with Gasteiger partial charge in [0.25, 0.3) is 0 Å². The highest BCUT2D eigenvalue weighted by atomic mass is 32.2. The van der Waals surface area contributed by atoms with E-state index in [1.165, 1.54) is 99.3 Å². The summed E-state index contributed by atoms with van der Waals surface area (Å²) in [6.07, 6.45) is 18.1. The highest BCUT2D eigenvalue weighted by Crippen LogP contribution is 2.78. The average Bonchev–Trinajstić information content (AvgIpc) is 2.91. The normalized spacial score (nSPS) is 39.2. The SMILES string of the molecule is Cc1cc(C)cc([C@H](c2ccccc2P(C23CC4CC(CC(C4)C2)C3)C23CC4CC(CC(C4)C2)C3)N(C)[S@](=O)C(C)(C)C)c1. The molecular formula is C40H56NOPS. The highest BCUT2D eigenvalue weighted by molar-refractivity contribution is 7.84. The fraction of sp³-hybridized carbons (Fsp3) is 0.700. The van der Waals surface area contributed by atoms with Gasteiger partial charge in [-0.1, -0.05) is 61.5 Å². The Balaban J connectivity index is 1.33. The summed E-state index contributed by atoms with van der Waals surface area (Å²) in [6, 6.07) is 16.9. The van der Waals surface area contributed by atoms with Crippen molar-refractivity contribution >= 4 is 24.2 Å². The monoisotopic (exact) mass is 629 g/mol. The maximum atomic E-state index is 14.3. The van der Waals surface area contributed by atoms with E-state index in [2.05, 4.69) is 88.4 Å². The largest absolute Gasteiger partial charge is 0.242 e. The van der Waals surface area contributed by atoms with Gasteiger partial charge in [-0.15, -0.1) is 0 Å². The van der Waals surface area contributed by atoms with Crippen LogP contribution in [0, 0.1) is 49.4 Å². The van der Waals surface area contributed by atoms with Crippen molar-refractivity contribution < 1.29 is 4.21 Å². The summed E-state index contributed by atoms with van der Waals surface area (Å²) in [4.78, 5) is 0. The van der Waals surface area contributed by atoms with Crippen molar-refractivity contribution in [1.29, 1.82) is 0 Å². The van der Waals surface area contributed by atoms with Crippen molar-refractivity contribution in [3.8, 4) is 0 Å². The Morgan fingerprint density at radius 3 is 1.55 bits per heavy atom. The van der Waals surface area contributed by atoms with Crippen molar-refractivity contribution in [3.63, 3.8) is 0 Å². The summed E-state index contributed by atoms with van der Waals surface area (Å²) >= 11 is 0. The van der Waals surface area contributed by atoms with Gasteiger partial charge < -0.3 is 0 Å². The lowest BCUT2D eigenvalue weighted by molar-refractivity contribution is 0.0195. The van der Waals surface area contributed by atoms with Crippen molar-refractivity contribution in [2.45, 2.75) is 133 Å². The van der Waals surface area contributed by atoms with Gasteiger partial charge in [0.15, 0.2) is 0 Å². The fourth-order valence-electron chi connectivity index (χ4n) is 12.9. The van der Waals surface area contributed by atoms with Gasteiger partial charge in [0.2, 0.25) is 0 Å². The second-order valence-electron chi connectivity index (χ2n) is 17.9. The molecule has 4 heteroatoms. The molecule has 0 N–H and O–H groups in total. The molecule has 238 valence electrons. The molecule has 0 spiro atoms. The lowest BCUT2D eigenvalue weighted by atomic mass is 9.55. The molecule has 0 saturated heterocycles. The molecule has 0 radical (unpaired) electrons. The van der Waals surface area contributed by atoms with Crippen LogP contribution in [0.5, 0.6) is 0 Å². The van der Waals surface area contributed by atoms with Crippen LogP contribution in [-0.2, 0) is 11.0 Å². The van der Waals surface area contributed by atoms with Crippen LogP contribution in [0.3, 0.4) is 0 Å².